The standard InChI is InChI=1S/C17H22N2O2S/c1-10(20)8-19-9-18-15-14(16(19)21)12-6-5-11(17(2,3)4)7-13(12)22-15/h9,11H,5-8H2,1-4H3/t11-/m1/s1. The van der Waals surface area contributed by atoms with Crippen molar-refractivity contribution in [3.05, 3.63) is 27.1 Å². The zero-order valence-electron chi connectivity index (χ0n) is 13.6. The smallest absolute Gasteiger partial charge is 0.262 e. The molecule has 2 aromatic rings. The Labute approximate surface area is 134 Å². The summed E-state index contributed by atoms with van der Waals surface area (Å²) in [6, 6.07) is 0. The maximum atomic E-state index is 12.7. The number of aromatic nitrogens is 2. The van der Waals surface area contributed by atoms with Crippen molar-refractivity contribution in [3.63, 3.8) is 0 Å². The van der Waals surface area contributed by atoms with Gasteiger partial charge in [-0.25, -0.2) is 4.98 Å². The Balaban J connectivity index is 2.08. The lowest BCUT2D eigenvalue weighted by atomic mass is 9.72. The van der Waals surface area contributed by atoms with E-state index in [4.69, 9.17) is 0 Å². The lowest BCUT2D eigenvalue weighted by Gasteiger charge is -2.33. The van der Waals surface area contributed by atoms with Gasteiger partial charge in [0.15, 0.2) is 0 Å². The number of hydrogen-bond acceptors (Lipinski definition) is 4. The molecule has 1 atom stereocenters. The van der Waals surface area contributed by atoms with Crippen molar-refractivity contribution >= 4 is 27.3 Å². The molecule has 2 heterocycles. The third-order valence-electron chi connectivity index (χ3n) is 4.65. The van der Waals surface area contributed by atoms with E-state index in [9.17, 15) is 9.59 Å². The first-order valence-corrected chi connectivity index (χ1v) is 8.58. The largest absolute Gasteiger partial charge is 0.298 e. The van der Waals surface area contributed by atoms with Crippen LogP contribution in [0.2, 0.25) is 0 Å². The van der Waals surface area contributed by atoms with Crippen LogP contribution in [-0.2, 0) is 24.2 Å². The maximum Gasteiger partial charge on any atom is 0.262 e. The van der Waals surface area contributed by atoms with Gasteiger partial charge in [0.2, 0.25) is 0 Å². The Morgan fingerprint density at radius 1 is 1.45 bits per heavy atom. The molecule has 0 radical (unpaired) electrons. The molecule has 0 bridgehead atoms. The second-order valence-corrected chi connectivity index (χ2v) is 8.45. The predicted octanol–water partition coefficient (Wildman–Crippen LogP) is 3.20. The van der Waals surface area contributed by atoms with Gasteiger partial charge in [-0.05, 0) is 43.1 Å². The van der Waals surface area contributed by atoms with E-state index in [0.29, 0.717) is 5.92 Å². The van der Waals surface area contributed by atoms with Gasteiger partial charge in [-0.1, -0.05) is 20.8 Å². The summed E-state index contributed by atoms with van der Waals surface area (Å²) < 4.78 is 1.44. The number of fused-ring (bicyclic) bond motifs is 3. The lowest BCUT2D eigenvalue weighted by molar-refractivity contribution is -0.117. The normalized spacial score (nSPS) is 18.5. The zero-order valence-corrected chi connectivity index (χ0v) is 14.4. The van der Waals surface area contributed by atoms with Crippen LogP contribution >= 0.6 is 11.3 Å². The molecule has 0 spiro atoms. The summed E-state index contributed by atoms with van der Waals surface area (Å²) in [7, 11) is 0. The molecule has 5 heteroatoms. The van der Waals surface area contributed by atoms with Crippen molar-refractivity contribution in [1.29, 1.82) is 0 Å². The fraction of sp³-hybridized carbons (Fsp3) is 0.588. The third-order valence-corrected chi connectivity index (χ3v) is 5.82. The highest BCUT2D eigenvalue weighted by Gasteiger charge is 2.31. The SMILES string of the molecule is CC(=O)Cn1cnc2sc3c(c2c1=O)CC[C@@H](C(C)(C)C)C3. The van der Waals surface area contributed by atoms with Gasteiger partial charge in [-0.15, -0.1) is 11.3 Å². The maximum absolute atomic E-state index is 12.7. The number of thiophene rings is 1. The average Bonchev–Trinajstić information content (AvgIpc) is 2.78. The highest BCUT2D eigenvalue weighted by molar-refractivity contribution is 7.18. The minimum Gasteiger partial charge on any atom is -0.298 e. The van der Waals surface area contributed by atoms with E-state index in [1.54, 1.807) is 11.3 Å². The van der Waals surface area contributed by atoms with Crippen molar-refractivity contribution < 1.29 is 4.79 Å². The first-order chi connectivity index (χ1) is 10.3. The Bertz CT molecular complexity index is 795. The first kappa shape index (κ1) is 15.4. The molecule has 0 saturated heterocycles. The van der Waals surface area contributed by atoms with Crippen molar-refractivity contribution in [2.45, 2.75) is 53.5 Å². The van der Waals surface area contributed by atoms with Crippen LogP contribution in [0.15, 0.2) is 11.1 Å². The quantitative estimate of drug-likeness (QED) is 0.854. The van der Waals surface area contributed by atoms with Gasteiger partial charge < -0.3 is 0 Å². The highest BCUT2D eigenvalue weighted by atomic mass is 32.1. The number of carbonyl (C=O) groups excluding carboxylic acids is 1. The average molecular weight is 318 g/mol. The van der Waals surface area contributed by atoms with Crippen LogP contribution in [0.25, 0.3) is 10.2 Å². The summed E-state index contributed by atoms with van der Waals surface area (Å²) in [5.74, 6) is 0.618. The molecule has 22 heavy (non-hydrogen) atoms. The van der Waals surface area contributed by atoms with Gasteiger partial charge in [0, 0.05) is 4.88 Å². The molecule has 0 aromatic carbocycles. The van der Waals surface area contributed by atoms with Crippen molar-refractivity contribution in [2.24, 2.45) is 11.3 Å². The summed E-state index contributed by atoms with van der Waals surface area (Å²) in [5, 5.41) is 0.746. The molecule has 0 aliphatic heterocycles. The monoisotopic (exact) mass is 318 g/mol. The summed E-state index contributed by atoms with van der Waals surface area (Å²) in [6.45, 7) is 8.46. The molecule has 0 unspecified atom stereocenters. The van der Waals surface area contributed by atoms with Crippen LogP contribution in [0.1, 0.15) is 44.6 Å². The number of rotatable bonds is 2. The van der Waals surface area contributed by atoms with Gasteiger partial charge in [0.25, 0.3) is 5.56 Å². The topological polar surface area (TPSA) is 52.0 Å². The molecule has 1 aliphatic rings. The molecule has 1 aliphatic carbocycles. The van der Waals surface area contributed by atoms with Crippen LogP contribution in [0, 0.1) is 11.3 Å². The van der Waals surface area contributed by atoms with Crippen LogP contribution in [0.3, 0.4) is 0 Å². The number of aryl methyl sites for hydroxylation is 1. The highest BCUT2D eigenvalue weighted by Crippen LogP contribution is 2.41. The molecule has 2 aromatic heterocycles. The van der Waals surface area contributed by atoms with Crippen LogP contribution < -0.4 is 5.56 Å². The second kappa shape index (κ2) is 5.30. The molecular formula is C17H22N2O2S. The summed E-state index contributed by atoms with van der Waals surface area (Å²) >= 11 is 1.65. The van der Waals surface area contributed by atoms with Gasteiger partial charge in [0.05, 0.1) is 18.3 Å². The van der Waals surface area contributed by atoms with Gasteiger partial charge in [0.1, 0.15) is 10.6 Å². The van der Waals surface area contributed by atoms with E-state index < -0.39 is 0 Å². The zero-order chi connectivity index (χ0) is 16.1. The first-order valence-electron chi connectivity index (χ1n) is 7.76. The summed E-state index contributed by atoms with van der Waals surface area (Å²) in [6.07, 6.45) is 4.60. The minimum atomic E-state index is -0.0630. The van der Waals surface area contributed by atoms with Crippen LogP contribution in [-0.4, -0.2) is 15.3 Å². The Morgan fingerprint density at radius 3 is 2.82 bits per heavy atom. The van der Waals surface area contributed by atoms with Crippen LogP contribution in [0.4, 0.5) is 0 Å². The summed E-state index contributed by atoms with van der Waals surface area (Å²) in [4.78, 5) is 30.5. The van der Waals surface area contributed by atoms with E-state index in [1.807, 2.05) is 0 Å². The van der Waals surface area contributed by atoms with E-state index >= 15 is 0 Å². The molecule has 0 N–H and O–H groups in total. The third kappa shape index (κ3) is 2.62. The minimum absolute atomic E-state index is 0.0276. The second-order valence-electron chi connectivity index (χ2n) is 7.37. The van der Waals surface area contributed by atoms with E-state index in [2.05, 4.69) is 25.8 Å². The Kier molecular flexibility index (Phi) is 3.71. The van der Waals surface area contributed by atoms with Gasteiger partial charge in [-0.2, -0.15) is 0 Å². The Morgan fingerprint density at radius 2 is 2.18 bits per heavy atom. The predicted molar refractivity (Wildman–Crippen MR) is 89.5 cm³/mol. The van der Waals surface area contributed by atoms with Gasteiger partial charge in [-0.3, -0.25) is 14.2 Å². The van der Waals surface area contributed by atoms with Crippen molar-refractivity contribution in [3.8, 4) is 0 Å². The van der Waals surface area contributed by atoms with E-state index in [0.717, 1.165) is 29.5 Å². The Hall–Kier alpha value is -1.49. The summed E-state index contributed by atoms with van der Waals surface area (Å²) in [5.41, 5.74) is 1.40. The van der Waals surface area contributed by atoms with Crippen LogP contribution in [0.5, 0.6) is 0 Å². The fourth-order valence-corrected chi connectivity index (χ4v) is 4.55. The lowest BCUT2D eigenvalue weighted by Crippen LogP contribution is -2.27. The molecular weight excluding hydrogens is 296 g/mol. The fourth-order valence-electron chi connectivity index (χ4n) is 3.29. The van der Waals surface area contributed by atoms with E-state index in [-0.39, 0.29) is 23.3 Å². The van der Waals surface area contributed by atoms with Crippen molar-refractivity contribution in [2.75, 3.05) is 0 Å². The number of carbonyl (C=O) groups is 1. The van der Waals surface area contributed by atoms with Crippen molar-refractivity contribution in [1.82, 2.24) is 9.55 Å². The molecule has 4 nitrogen and oxygen atoms in total. The number of ketones is 1. The van der Waals surface area contributed by atoms with E-state index in [1.165, 1.54) is 28.3 Å². The molecule has 0 fully saturated rings. The van der Waals surface area contributed by atoms with Gasteiger partial charge >= 0.3 is 0 Å². The molecule has 0 amide bonds. The number of Topliss-reactive ketones (excluding diaryl/α,β-unsaturated/α-hetero) is 1. The number of hydrogen-bond donors (Lipinski definition) is 0. The molecule has 0 saturated carbocycles. The number of nitrogens with zero attached hydrogens (tertiary/aromatic N) is 2. The molecule has 3 rings (SSSR count). The molecule has 118 valence electrons.